The van der Waals surface area contributed by atoms with Gasteiger partial charge in [0.15, 0.2) is 5.13 Å². The van der Waals surface area contributed by atoms with E-state index in [-0.39, 0.29) is 46.4 Å². The van der Waals surface area contributed by atoms with Crippen molar-refractivity contribution in [1.82, 2.24) is 24.9 Å². The molecule has 3 amide bonds. The predicted molar refractivity (Wildman–Crippen MR) is 144 cm³/mol. The van der Waals surface area contributed by atoms with Crippen LogP contribution in [0.1, 0.15) is 57.7 Å². The zero-order valence-electron chi connectivity index (χ0n) is 21.4. The van der Waals surface area contributed by atoms with Gasteiger partial charge in [-0.05, 0) is 19.8 Å². The summed E-state index contributed by atoms with van der Waals surface area (Å²) in [6.45, 7) is 2.17. The number of nitrogen functional groups attached to an aromatic ring is 1. The maximum Gasteiger partial charge on any atom is 0.334 e. The number of hydrogen-bond acceptors (Lipinski definition) is 12. The van der Waals surface area contributed by atoms with Crippen LogP contribution >= 0.6 is 23.3 Å². The number of amides is 3. The van der Waals surface area contributed by atoms with E-state index in [2.05, 4.69) is 25.1 Å². The summed E-state index contributed by atoms with van der Waals surface area (Å²) in [6.07, 6.45) is 6.96. The lowest BCUT2D eigenvalue weighted by Crippen LogP contribution is -2.69. The van der Waals surface area contributed by atoms with E-state index < -0.39 is 34.7 Å². The van der Waals surface area contributed by atoms with Gasteiger partial charge in [-0.15, -0.1) is 11.8 Å². The van der Waals surface area contributed by atoms with Crippen LogP contribution in [-0.2, 0) is 24.0 Å². The highest BCUT2D eigenvalue weighted by atomic mass is 32.2. The summed E-state index contributed by atoms with van der Waals surface area (Å²) in [7, 11) is 0. The zero-order chi connectivity index (χ0) is 28.2. The molecule has 1 aromatic rings. The van der Waals surface area contributed by atoms with Crippen LogP contribution in [0.15, 0.2) is 16.9 Å². The van der Waals surface area contributed by atoms with Crippen molar-refractivity contribution in [2.24, 2.45) is 10.9 Å². The van der Waals surface area contributed by atoms with E-state index in [0.29, 0.717) is 13.0 Å². The number of oxime groups is 1. The summed E-state index contributed by atoms with van der Waals surface area (Å²) >= 11 is 2.13. The molecule has 0 bridgehead atoms. The molecule has 16 heteroatoms. The number of carboxylic acids is 1. The van der Waals surface area contributed by atoms with Gasteiger partial charge in [-0.1, -0.05) is 24.4 Å². The molecule has 39 heavy (non-hydrogen) atoms. The van der Waals surface area contributed by atoms with E-state index in [0.717, 1.165) is 43.6 Å². The molecule has 1 saturated heterocycles. The number of carbonyl (C=O) groups excluding carboxylic acids is 3. The minimum atomic E-state index is -1.10. The number of hydrogen-bond donors (Lipinski definition) is 5. The first-order chi connectivity index (χ1) is 18.6. The van der Waals surface area contributed by atoms with Gasteiger partial charge in [0.2, 0.25) is 17.4 Å². The Bertz CT molecular complexity index is 1180. The van der Waals surface area contributed by atoms with Crippen LogP contribution in [0.5, 0.6) is 0 Å². The fraction of sp³-hybridized carbons (Fsp3) is 0.609. The van der Waals surface area contributed by atoms with Gasteiger partial charge >= 0.3 is 5.97 Å². The molecule has 4 rings (SSSR count). The number of thioether (sulfide) groups is 1. The highest BCUT2D eigenvalue weighted by Gasteiger charge is 2.52. The number of nitrogens with one attached hydrogen (secondary N) is 2. The maximum atomic E-state index is 13.1. The molecule has 1 aromatic heterocycles. The molecular weight excluding hydrogens is 548 g/mol. The summed E-state index contributed by atoms with van der Waals surface area (Å²) in [5, 5.41) is 18.0. The molecule has 1 aliphatic carbocycles. The van der Waals surface area contributed by atoms with Crippen molar-refractivity contribution in [3.8, 4) is 0 Å². The molecule has 14 nitrogen and oxygen atoms in total. The summed E-state index contributed by atoms with van der Waals surface area (Å²) in [5.41, 5.74) is 11.4. The standard InChI is InChI=1S/C23H32N8O6S2/c1-12-13(21(35)36)11-31-19(34)16(20(31)38-12)27-18(33)15(17-28-22(24)39-30-17)29-37-9-5-8-26-14(32)10-23(25)6-3-2-4-7-23/h11-12,16,20H,2-10,25H2,1H3,(H,26,32)(H,27,33)(H,35,36)(H2,24,28,30)/t12?,16?,20-/m1/s1. The van der Waals surface area contributed by atoms with Crippen LogP contribution in [0.25, 0.3) is 0 Å². The predicted octanol–water partition coefficient (Wildman–Crippen LogP) is 0.156. The van der Waals surface area contributed by atoms with E-state index in [1.165, 1.54) is 22.9 Å². The van der Waals surface area contributed by atoms with Crippen molar-refractivity contribution < 1.29 is 29.1 Å². The van der Waals surface area contributed by atoms with Gasteiger partial charge < -0.3 is 36.9 Å². The van der Waals surface area contributed by atoms with Crippen molar-refractivity contribution >= 4 is 57.8 Å². The Morgan fingerprint density at radius 3 is 2.72 bits per heavy atom. The van der Waals surface area contributed by atoms with Gasteiger partial charge in [-0.25, -0.2) is 4.79 Å². The van der Waals surface area contributed by atoms with Crippen molar-refractivity contribution in [3.05, 3.63) is 17.6 Å². The van der Waals surface area contributed by atoms with E-state index in [1.807, 2.05) is 0 Å². The first-order valence-electron chi connectivity index (χ1n) is 12.7. The SMILES string of the molecule is CC1S[C@@H]2C(NC(=O)C(=NOCCCNC(=O)CC3(N)CCCCC3)c3nsc(N)n3)C(=O)N2C=C1C(=O)O. The Balaban J connectivity index is 1.29. The fourth-order valence-corrected chi connectivity index (χ4v) is 6.48. The molecule has 2 unspecified atom stereocenters. The molecular formula is C23H32N8O6S2. The monoisotopic (exact) mass is 580 g/mol. The van der Waals surface area contributed by atoms with Gasteiger partial charge in [0, 0.05) is 47.9 Å². The number of carboxylic acid groups (broad SMARTS) is 1. The highest BCUT2D eigenvalue weighted by molar-refractivity contribution is 8.00. The van der Waals surface area contributed by atoms with E-state index in [9.17, 15) is 24.3 Å². The molecule has 0 aromatic carbocycles. The number of aliphatic carboxylic acids is 1. The minimum absolute atomic E-state index is 0.0506. The Kier molecular flexibility index (Phi) is 9.07. The summed E-state index contributed by atoms with van der Waals surface area (Å²) < 4.78 is 4.02. The topological polar surface area (TPSA) is 215 Å². The van der Waals surface area contributed by atoms with Gasteiger partial charge in [-0.2, -0.15) is 9.36 Å². The smallest absolute Gasteiger partial charge is 0.334 e. The summed E-state index contributed by atoms with van der Waals surface area (Å²) in [5.74, 6) is -2.43. The second-order valence-corrected chi connectivity index (χ2v) is 12.0. The average molecular weight is 581 g/mol. The number of β-lactam (4-membered cyclic amide) rings is 1. The lowest BCUT2D eigenvalue weighted by molar-refractivity contribution is -0.144. The Labute approximate surface area is 233 Å². The third-order valence-electron chi connectivity index (χ3n) is 6.79. The molecule has 3 heterocycles. The van der Waals surface area contributed by atoms with Crippen LogP contribution in [0, 0.1) is 0 Å². The fourth-order valence-electron chi connectivity index (χ4n) is 4.68. The van der Waals surface area contributed by atoms with Crippen molar-refractivity contribution in [2.45, 2.75) is 74.1 Å². The molecule has 212 valence electrons. The number of anilines is 1. The van der Waals surface area contributed by atoms with Crippen molar-refractivity contribution in [1.29, 1.82) is 0 Å². The molecule has 2 fully saturated rings. The zero-order valence-corrected chi connectivity index (χ0v) is 23.1. The van der Waals surface area contributed by atoms with E-state index in [4.69, 9.17) is 16.3 Å². The third kappa shape index (κ3) is 6.86. The number of carbonyl (C=O) groups is 4. The highest BCUT2D eigenvalue weighted by Crippen LogP contribution is 2.40. The van der Waals surface area contributed by atoms with Crippen LogP contribution in [-0.4, -0.2) is 84.1 Å². The molecule has 0 spiro atoms. The molecule has 3 aliphatic rings. The van der Waals surface area contributed by atoms with E-state index in [1.54, 1.807) is 6.92 Å². The largest absolute Gasteiger partial charge is 0.478 e. The minimum Gasteiger partial charge on any atom is -0.478 e. The number of fused-ring (bicyclic) bond motifs is 1. The Morgan fingerprint density at radius 2 is 2.05 bits per heavy atom. The van der Waals surface area contributed by atoms with Gasteiger partial charge in [0.1, 0.15) is 18.0 Å². The molecule has 3 atom stereocenters. The normalized spacial score (nSPS) is 24.2. The lowest BCUT2D eigenvalue weighted by atomic mass is 9.80. The lowest BCUT2D eigenvalue weighted by Gasteiger charge is -2.48. The van der Waals surface area contributed by atoms with E-state index >= 15 is 0 Å². The first-order valence-corrected chi connectivity index (χ1v) is 14.4. The molecule has 1 saturated carbocycles. The van der Waals surface area contributed by atoms with Crippen LogP contribution in [0.4, 0.5) is 5.13 Å². The molecule has 2 aliphatic heterocycles. The van der Waals surface area contributed by atoms with Crippen molar-refractivity contribution in [3.63, 3.8) is 0 Å². The Morgan fingerprint density at radius 1 is 1.31 bits per heavy atom. The summed E-state index contributed by atoms with van der Waals surface area (Å²) in [6, 6.07) is -0.886. The maximum absolute atomic E-state index is 13.1. The molecule has 7 N–H and O–H groups in total. The third-order valence-corrected chi connectivity index (χ3v) is 8.78. The molecule has 0 radical (unpaired) electrons. The first kappa shape index (κ1) is 28.8. The number of nitrogens with two attached hydrogens (primary N) is 2. The number of rotatable bonds is 11. The van der Waals surface area contributed by atoms with Crippen LogP contribution in [0.3, 0.4) is 0 Å². The van der Waals surface area contributed by atoms with Gasteiger partial charge in [-0.3, -0.25) is 14.4 Å². The number of nitrogens with zero attached hydrogens (tertiary/aromatic N) is 4. The quantitative estimate of drug-likeness (QED) is 0.103. The second-order valence-electron chi connectivity index (χ2n) is 9.79. The van der Waals surface area contributed by atoms with Crippen LogP contribution < -0.4 is 22.1 Å². The number of aromatic nitrogens is 2. The van der Waals surface area contributed by atoms with Gasteiger partial charge in [0.25, 0.3) is 11.8 Å². The van der Waals surface area contributed by atoms with Gasteiger partial charge in [0.05, 0.1) is 5.57 Å². The average Bonchev–Trinajstić information content (AvgIpc) is 3.32. The second kappa shape index (κ2) is 12.3. The van der Waals surface area contributed by atoms with Crippen molar-refractivity contribution in [2.75, 3.05) is 18.9 Å². The van der Waals surface area contributed by atoms with Crippen LogP contribution in [0.2, 0.25) is 0 Å². The Hall–Kier alpha value is -3.24. The summed E-state index contributed by atoms with van der Waals surface area (Å²) in [4.78, 5) is 59.9.